The largest absolute Gasteiger partial charge is 0.333 e. The number of hydrogen-bond donors (Lipinski definition) is 1. The van der Waals surface area contributed by atoms with Crippen LogP contribution in [0.3, 0.4) is 0 Å². The van der Waals surface area contributed by atoms with Crippen LogP contribution in [0.5, 0.6) is 0 Å². The summed E-state index contributed by atoms with van der Waals surface area (Å²) < 4.78 is 0.975. The Morgan fingerprint density at radius 3 is 2.42 bits per heavy atom. The first-order chi connectivity index (χ1) is 8.91. The summed E-state index contributed by atoms with van der Waals surface area (Å²) in [6, 6.07) is 5.26. The zero-order valence-electron chi connectivity index (χ0n) is 11.0. The summed E-state index contributed by atoms with van der Waals surface area (Å²) in [6.07, 6.45) is 1.16. The number of rotatable bonds is 2. The standard InChI is InChI=1S/C14H14N2O3/c1-8-4-5-11(6-9(8)2)16-13(18)12(10(3)17)7-15-14(16)19/h4-7H,1-3H3,(H,15,19). The zero-order valence-corrected chi connectivity index (χ0v) is 11.0. The molecule has 0 saturated heterocycles. The van der Waals surface area contributed by atoms with Crippen molar-refractivity contribution in [3.8, 4) is 5.69 Å². The molecule has 0 atom stereocenters. The number of aromatic nitrogens is 2. The molecule has 2 rings (SSSR count). The van der Waals surface area contributed by atoms with Gasteiger partial charge in [-0.1, -0.05) is 6.07 Å². The molecule has 0 fully saturated rings. The SMILES string of the molecule is CC(=O)c1c[nH]c(=O)n(-c2ccc(C)c(C)c2)c1=O. The Morgan fingerprint density at radius 1 is 1.16 bits per heavy atom. The monoisotopic (exact) mass is 258 g/mol. The number of carbonyl (C=O) groups is 1. The average molecular weight is 258 g/mol. The van der Waals surface area contributed by atoms with E-state index in [1.165, 1.54) is 6.92 Å². The van der Waals surface area contributed by atoms with Gasteiger partial charge in [0.25, 0.3) is 5.56 Å². The molecule has 0 aliphatic rings. The number of ketones is 1. The maximum Gasteiger partial charge on any atom is 0.333 e. The van der Waals surface area contributed by atoms with Crippen molar-refractivity contribution in [2.75, 3.05) is 0 Å². The molecule has 5 nitrogen and oxygen atoms in total. The minimum absolute atomic E-state index is 0.0298. The maximum atomic E-state index is 12.2. The molecule has 0 spiro atoms. The van der Waals surface area contributed by atoms with Gasteiger partial charge >= 0.3 is 5.69 Å². The predicted octanol–water partition coefficient (Wildman–Crippen LogP) is 1.35. The average Bonchev–Trinajstić information content (AvgIpc) is 2.33. The number of nitrogens with zero attached hydrogens (tertiary/aromatic N) is 1. The van der Waals surface area contributed by atoms with Crippen LogP contribution in [0.1, 0.15) is 28.4 Å². The number of aromatic amines is 1. The lowest BCUT2D eigenvalue weighted by Crippen LogP contribution is -2.36. The fourth-order valence-corrected chi connectivity index (χ4v) is 1.82. The van der Waals surface area contributed by atoms with Gasteiger partial charge in [0.1, 0.15) is 0 Å². The van der Waals surface area contributed by atoms with Crippen LogP contribution in [-0.2, 0) is 0 Å². The highest BCUT2D eigenvalue weighted by Crippen LogP contribution is 2.11. The lowest BCUT2D eigenvalue weighted by molar-refractivity contribution is 0.101. The van der Waals surface area contributed by atoms with Crippen molar-refractivity contribution < 1.29 is 4.79 Å². The molecule has 0 aliphatic heterocycles. The van der Waals surface area contributed by atoms with Gasteiger partial charge < -0.3 is 4.98 Å². The van der Waals surface area contributed by atoms with Gasteiger partial charge in [-0.25, -0.2) is 9.36 Å². The molecule has 5 heteroatoms. The topological polar surface area (TPSA) is 71.9 Å². The summed E-state index contributed by atoms with van der Waals surface area (Å²) >= 11 is 0. The Kier molecular flexibility index (Phi) is 3.21. The van der Waals surface area contributed by atoms with Gasteiger partial charge in [-0.3, -0.25) is 9.59 Å². The Morgan fingerprint density at radius 2 is 1.84 bits per heavy atom. The fourth-order valence-electron chi connectivity index (χ4n) is 1.82. The molecule has 0 unspecified atom stereocenters. The van der Waals surface area contributed by atoms with Crippen LogP contribution in [0.25, 0.3) is 5.69 Å². The van der Waals surface area contributed by atoms with E-state index in [1.807, 2.05) is 19.9 Å². The van der Waals surface area contributed by atoms with E-state index in [0.717, 1.165) is 21.9 Å². The van der Waals surface area contributed by atoms with Crippen molar-refractivity contribution in [3.63, 3.8) is 0 Å². The predicted molar refractivity (Wildman–Crippen MR) is 72.1 cm³/mol. The van der Waals surface area contributed by atoms with Gasteiger partial charge in [0.05, 0.1) is 11.3 Å². The van der Waals surface area contributed by atoms with E-state index in [4.69, 9.17) is 0 Å². The molecule has 0 radical (unpaired) electrons. The lowest BCUT2D eigenvalue weighted by Gasteiger charge is -2.08. The fraction of sp³-hybridized carbons (Fsp3) is 0.214. The first-order valence-corrected chi connectivity index (χ1v) is 5.85. The third kappa shape index (κ3) is 2.27. The zero-order chi connectivity index (χ0) is 14.2. The maximum absolute atomic E-state index is 12.2. The van der Waals surface area contributed by atoms with Crippen molar-refractivity contribution in [3.05, 3.63) is 61.9 Å². The van der Waals surface area contributed by atoms with Crippen molar-refractivity contribution >= 4 is 5.78 Å². The minimum Gasteiger partial charge on any atom is -0.313 e. The van der Waals surface area contributed by atoms with E-state index < -0.39 is 11.2 Å². The third-order valence-electron chi connectivity index (χ3n) is 3.10. The van der Waals surface area contributed by atoms with Gasteiger partial charge in [0.15, 0.2) is 5.78 Å². The molecule has 0 aliphatic carbocycles. The van der Waals surface area contributed by atoms with Gasteiger partial charge in [-0.15, -0.1) is 0 Å². The summed E-state index contributed by atoms with van der Waals surface area (Å²) in [5, 5.41) is 0. The lowest BCUT2D eigenvalue weighted by atomic mass is 10.1. The molecule has 98 valence electrons. The number of carbonyl (C=O) groups excluding carboxylic acids is 1. The van der Waals surface area contributed by atoms with Crippen LogP contribution in [-0.4, -0.2) is 15.3 Å². The minimum atomic E-state index is -0.598. The van der Waals surface area contributed by atoms with Crippen molar-refractivity contribution in [2.45, 2.75) is 20.8 Å². The molecule has 0 amide bonds. The van der Waals surface area contributed by atoms with Crippen molar-refractivity contribution in [2.24, 2.45) is 0 Å². The number of aryl methyl sites for hydroxylation is 2. The van der Waals surface area contributed by atoms with Crippen molar-refractivity contribution in [1.82, 2.24) is 9.55 Å². The first-order valence-electron chi connectivity index (χ1n) is 5.85. The van der Waals surface area contributed by atoms with Crippen LogP contribution in [0.15, 0.2) is 34.0 Å². The van der Waals surface area contributed by atoms with Crippen LogP contribution < -0.4 is 11.2 Å². The molecule has 0 saturated carbocycles. The number of hydrogen-bond acceptors (Lipinski definition) is 3. The highest BCUT2D eigenvalue weighted by molar-refractivity contribution is 5.93. The van der Waals surface area contributed by atoms with Crippen LogP contribution in [0.2, 0.25) is 0 Å². The summed E-state index contributed by atoms with van der Waals surface area (Å²) in [5.74, 6) is -0.376. The van der Waals surface area contributed by atoms with Gasteiger partial charge in [-0.2, -0.15) is 0 Å². The molecular formula is C14H14N2O3. The highest BCUT2D eigenvalue weighted by atomic mass is 16.2. The molecule has 1 aromatic heterocycles. The van der Waals surface area contributed by atoms with Gasteiger partial charge in [-0.05, 0) is 44.0 Å². The summed E-state index contributed by atoms with van der Waals surface area (Å²) in [5.41, 5.74) is 1.31. The van der Waals surface area contributed by atoms with Crippen LogP contribution in [0, 0.1) is 13.8 Å². The second-order valence-corrected chi connectivity index (χ2v) is 4.47. The smallest absolute Gasteiger partial charge is 0.313 e. The Bertz CT molecular complexity index is 769. The Balaban J connectivity index is 2.78. The second-order valence-electron chi connectivity index (χ2n) is 4.47. The normalized spacial score (nSPS) is 10.5. The number of H-pyrrole nitrogens is 1. The highest BCUT2D eigenvalue weighted by Gasteiger charge is 2.12. The Hall–Kier alpha value is -2.43. The summed E-state index contributed by atoms with van der Waals surface area (Å²) in [7, 11) is 0. The molecule has 0 bridgehead atoms. The number of Topliss-reactive ketones (excluding diaryl/α,β-unsaturated/α-hetero) is 1. The molecule has 1 N–H and O–H groups in total. The van der Waals surface area contributed by atoms with Crippen molar-refractivity contribution in [1.29, 1.82) is 0 Å². The number of benzene rings is 1. The van der Waals surface area contributed by atoms with Gasteiger partial charge in [0.2, 0.25) is 0 Å². The quantitative estimate of drug-likeness (QED) is 0.826. The number of nitrogens with one attached hydrogen (secondary N) is 1. The first kappa shape index (κ1) is 13.0. The van der Waals surface area contributed by atoms with E-state index >= 15 is 0 Å². The van der Waals surface area contributed by atoms with Gasteiger partial charge in [0, 0.05) is 6.20 Å². The van der Waals surface area contributed by atoms with E-state index in [1.54, 1.807) is 12.1 Å². The molecule has 2 aromatic rings. The van der Waals surface area contributed by atoms with E-state index in [0.29, 0.717) is 5.69 Å². The van der Waals surface area contributed by atoms with E-state index in [2.05, 4.69) is 4.98 Å². The molecular weight excluding hydrogens is 244 g/mol. The van der Waals surface area contributed by atoms with E-state index in [-0.39, 0.29) is 11.3 Å². The second kappa shape index (κ2) is 4.68. The third-order valence-corrected chi connectivity index (χ3v) is 3.10. The Labute approximate surface area is 109 Å². The molecule has 1 heterocycles. The summed E-state index contributed by atoms with van der Waals surface area (Å²) in [4.78, 5) is 37.7. The van der Waals surface area contributed by atoms with E-state index in [9.17, 15) is 14.4 Å². The molecule has 1 aromatic carbocycles. The van der Waals surface area contributed by atoms with Crippen LogP contribution in [0.4, 0.5) is 0 Å². The van der Waals surface area contributed by atoms with Crippen LogP contribution >= 0.6 is 0 Å². The molecule has 19 heavy (non-hydrogen) atoms. The summed E-state index contributed by atoms with van der Waals surface area (Å²) in [6.45, 7) is 5.13.